The lowest BCUT2D eigenvalue weighted by Crippen LogP contribution is -1.98. The second-order valence-corrected chi connectivity index (χ2v) is 3.10. The van der Waals surface area contributed by atoms with Crippen molar-refractivity contribution < 1.29 is 19.0 Å². The minimum Gasteiger partial charge on any atom is -0.463 e. The van der Waals surface area contributed by atoms with E-state index in [9.17, 15) is 9.18 Å². The zero-order valence-electron chi connectivity index (χ0n) is 8.94. The molecule has 0 fully saturated rings. The number of carbonyl (C=O) groups is 1. The van der Waals surface area contributed by atoms with Crippen molar-refractivity contribution in [3.05, 3.63) is 41.2 Å². The van der Waals surface area contributed by atoms with Crippen molar-refractivity contribution in [2.24, 2.45) is 0 Å². The number of benzene rings is 1. The molecule has 16 heavy (non-hydrogen) atoms. The SMILES string of the molecule is CCOC(=O)/C=C/c1ccc(CO)cc1F. The van der Waals surface area contributed by atoms with Crippen LogP contribution in [0.1, 0.15) is 18.1 Å². The van der Waals surface area contributed by atoms with Gasteiger partial charge in [-0.3, -0.25) is 0 Å². The van der Waals surface area contributed by atoms with Gasteiger partial charge in [-0.2, -0.15) is 0 Å². The fraction of sp³-hybridized carbons (Fsp3) is 0.250. The van der Waals surface area contributed by atoms with Crippen molar-refractivity contribution in [1.82, 2.24) is 0 Å². The lowest BCUT2D eigenvalue weighted by molar-refractivity contribution is -0.137. The summed E-state index contributed by atoms with van der Waals surface area (Å²) in [6.07, 6.45) is 2.51. The molecule has 0 aliphatic heterocycles. The number of esters is 1. The van der Waals surface area contributed by atoms with E-state index in [0.717, 1.165) is 0 Å². The molecule has 0 amide bonds. The molecule has 0 atom stereocenters. The second-order valence-electron chi connectivity index (χ2n) is 3.10. The van der Waals surface area contributed by atoms with Crippen molar-refractivity contribution in [2.75, 3.05) is 6.61 Å². The molecular formula is C12H13FO3. The summed E-state index contributed by atoms with van der Waals surface area (Å²) in [5.41, 5.74) is 0.774. The number of aliphatic hydroxyl groups excluding tert-OH is 1. The van der Waals surface area contributed by atoms with Gasteiger partial charge in [0, 0.05) is 11.6 Å². The fourth-order valence-corrected chi connectivity index (χ4v) is 1.15. The van der Waals surface area contributed by atoms with E-state index < -0.39 is 11.8 Å². The minimum absolute atomic E-state index is 0.210. The van der Waals surface area contributed by atoms with Crippen LogP contribution in [0, 0.1) is 5.82 Å². The molecule has 1 rings (SSSR count). The van der Waals surface area contributed by atoms with Crippen LogP contribution in [0.15, 0.2) is 24.3 Å². The van der Waals surface area contributed by atoms with E-state index in [1.54, 1.807) is 13.0 Å². The number of hydrogen-bond donors (Lipinski definition) is 1. The second kappa shape index (κ2) is 6.02. The molecule has 0 bridgehead atoms. The average Bonchev–Trinajstić information content (AvgIpc) is 2.27. The van der Waals surface area contributed by atoms with E-state index in [4.69, 9.17) is 5.11 Å². The van der Waals surface area contributed by atoms with Crippen molar-refractivity contribution in [3.8, 4) is 0 Å². The van der Waals surface area contributed by atoms with E-state index in [-0.39, 0.29) is 18.8 Å². The molecular weight excluding hydrogens is 211 g/mol. The van der Waals surface area contributed by atoms with Gasteiger partial charge in [-0.1, -0.05) is 12.1 Å². The van der Waals surface area contributed by atoms with E-state index in [2.05, 4.69) is 4.74 Å². The quantitative estimate of drug-likeness (QED) is 0.627. The Hall–Kier alpha value is -1.68. The maximum Gasteiger partial charge on any atom is 0.330 e. The predicted octanol–water partition coefficient (Wildman–Crippen LogP) is 1.89. The van der Waals surface area contributed by atoms with Crippen molar-refractivity contribution in [3.63, 3.8) is 0 Å². The zero-order valence-corrected chi connectivity index (χ0v) is 8.94. The molecule has 0 radical (unpaired) electrons. The molecule has 1 aromatic carbocycles. The number of ether oxygens (including phenoxy) is 1. The van der Waals surface area contributed by atoms with Gasteiger partial charge < -0.3 is 9.84 Å². The first-order chi connectivity index (χ1) is 7.67. The minimum atomic E-state index is -0.506. The smallest absolute Gasteiger partial charge is 0.330 e. The highest BCUT2D eigenvalue weighted by molar-refractivity contribution is 5.87. The normalized spacial score (nSPS) is 10.7. The monoisotopic (exact) mass is 224 g/mol. The first-order valence-corrected chi connectivity index (χ1v) is 4.91. The van der Waals surface area contributed by atoms with Gasteiger partial charge in [-0.25, -0.2) is 9.18 Å². The first-order valence-electron chi connectivity index (χ1n) is 4.91. The van der Waals surface area contributed by atoms with Crippen LogP contribution in [0.25, 0.3) is 6.08 Å². The van der Waals surface area contributed by atoms with Crippen molar-refractivity contribution >= 4 is 12.0 Å². The number of aliphatic hydroxyl groups is 1. The number of rotatable bonds is 4. The Morgan fingerprint density at radius 1 is 1.56 bits per heavy atom. The van der Waals surface area contributed by atoms with Gasteiger partial charge in [0.05, 0.1) is 13.2 Å². The standard InChI is InChI=1S/C12H13FO3/c1-2-16-12(15)6-5-10-4-3-9(8-14)7-11(10)13/h3-7,14H,2,8H2,1H3/b6-5+. The van der Waals surface area contributed by atoms with Crippen LogP contribution < -0.4 is 0 Å². The van der Waals surface area contributed by atoms with Gasteiger partial charge in [0.2, 0.25) is 0 Å². The highest BCUT2D eigenvalue weighted by Gasteiger charge is 2.01. The lowest BCUT2D eigenvalue weighted by Gasteiger charge is -2.00. The van der Waals surface area contributed by atoms with Crippen LogP contribution >= 0.6 is 0 Å². The lowest BCUT2D eigenvalue weighted by atomic mass is 10.1. The molecule has 0 aliphatic rings. The molecule has 4 heteroatoms. The van der Waals surface area contributed by atoms with Gasteiger partial charge in [-0.15, -0.1) is 0 Å². The summed E-state index contributed by atoms with van der Waals surface area (Å²) in [4.78, 5) is 11.0. The molecule has 86 valence electrons. The molecule has 1 aromatic rings. The van der Waals surface area contributed by atoms with Gasteiger partial charge in [0.1, 0.15) is 5.82 Å². The Morgan fingerprint density at radius 2 is 2.31 bits per heavy atom. The van der Waals surface area contributed by atoms with Gasteiger partial charge >= 0.3 is 5.97 Å². The van der Waals surface area contributed by atoms with Crippen LogP contribution in [0.2, 0.25) is 0 Å². The number of hydrogen-bond acceptors (Lipinski definition) is 3. The van der Waals surface area contributed by atoms with Crippen molar-refractivity contribution in [1.29, 1.82) is 0 Å². The third-order valence-corrected chi connectivity index (χ3v) is 1.93. The third-order valence-electron chi connectivity index (χ3n) is 1.93. The number of carbonyl (C=O) groups excluding carboxylic acids is 1. The topological polar surface area (TPSA) is 46.5 Å². The Labute approximate surface area is 93.2 Å². The van der Waals surface area contributed by atoms with E-state index >= 15 is 0 Å². The summed E-state index contributed by atoms with van der Waals surface area (Å²) in [7, 11) is 0. The maximum atomic E-state index is 13.4. The Balaban J connectivity index is 2.78. The summed E-state index contributed by atoms with van der Waals surface area (Å²) in [6, 6.07) is 4.31. The Kier molecular flexibility index (Phi) is 4.66. The molecule has 0 unspecified atom stereocenters. The predicted molar refractivity (Wildman–Crippen MR) is 58.0 cm³/mol. The van der Waals surface area contributed by atoms with Gasteiger partial charge in [0.15, 0.2) is 0 Å². The molecule has 0 aromatic heterocycles. The molecule has 0 aliphatic carbocycles. The van der Waals surface area contributed by atoms with Gasteiger partial charge in [-0.05, 0) is 24.6 Å². The average molecular weight is 224 g/mol. The van der Waals surface area contributed by atoms with E-state index in [0.29, 0.717) is 5.56 Å². The Bertz CT molecular complexity index is 399. The fourth-order valence-electron chi connectivity index (χ4n) is 1.15. The molecule has 3 nitrogen and oxygen atoms in total. The third kappa shape index (κ3) is 3.47. The number of halogens is 1. The zero-order chi connectivity index (χ0) is 12.0. The van der Waals surface area contributed by atoms with Crippen LogP contribution in [0.5, 0.6) is 0 Å². The van der Waals surface area contributed by atoms with Crippen LogP contribution in [-0.2, 0) is 16.1 Å². The summed E-state index contributed by atoms with van der Waals surface area (Å²) in [5, 5.41) is 8.78. The first kappa shape index (κ1) is 12.4. The van der Waals surface area contributed by atoms with E-state index in [1.165, 1.54) is 24.3 Å². The van der Waals surface area contributed by atoms with Crippen LogP contribution in [-0.4, -0.2) is 17.7 Å². The summed E-state index contributed by atoms with van der Waals surface area (Å²) in [6.45, 7) is 1.77. The summed E-state index contributed by atoms with van der Waals surface area (Å²) < 4.78 is 18.0. The largest absolute Gasteiger partial charge is 0.463 e. The van der Waals surface area contributed by atoms with Crippen molar-refractivity contribution in [2.45, 2.75) is 13.5 Å². The summed E-state index contributed by atoms with van der Waals surface area (Å²) in [5.74, 6) is -0.986. The van der Waals surface area contributed by atoms with Crippen LogP contribution in [0.4, 0.5) is 4.39 Å². The molecule has 0 spiro atoms. The van der Waals surface area contributed by atoms with Gasteiger partial charge in [0.25, 0.3) is 0 Å². The van der Waals surface area contributed by atoms with Crippen LogP contribution in [0.3, 0.4) is 0 Å². The molecule has 0 heterocycles. The molecule has 0 saturated carbocycles. The molecule has 0 saturated heterocycles. The highest BCUT2D eigenvalue weighted by atomic mass is 19.1. The highest BCUT2D eigenvalue weighted by Crippen LogP contribution is 2.12. The maximum absolute atomic E-state index is 13.4. The molecule has 1 N–H and O–H groups in total. The van der Waals surface area contributed by atoms with E-state index in [1.807, 2.05) is 0 Å². The Morgan fingerprint density at radius 3 is 2.88 bits per heavy atom. The summed E-state index contributed by atoms with van der Waals surface area (Å²) >= 11 is 0.